The standard InChI is InChI=1S/C37H22N4/c1-38-26-15-17-35-33(21-26)32-20-24(14-16-34(32)41(35)27-9-7-19-40-23-27)36-28-10-2-4-12-30(28)37(25-8-6-18-39-22-25)31-13-5-3-11-29(31)36/h2-23H. The Labute approximate surface area is 236 Å². The van der Waals surface area contributed by atoms with E-state index >= 15 is 0 Å². The number of nitrogens with zero attached hydrogens (tertiary/aromatic N) is 4. The summed E-state index contributed by atoms with van der Waals surface area (Å²) in [6.45, 7) is 7.65. The van der Waals surface area contributed by atoms with Crippen molar-refractivity contribution in [3.05, 3.63) is 145 Å². The van der Waals surface area contributed by atoms with E-state index in [1.54, 1.807) is 6.20 Å². The van der Waals surface area contributed by atoms with Gasteiger partial charge in [0.1, 0.15) is 0 Å². The molecule has 8 rings (SSSR count). The van der Waals surface area contributed by atoms with Gasteiger partial charge in [-0.25, -0.2) is 4.85 Å². The van der Waals surface area contributed by atoms with Crippen LogP contribution >= 0.6 is 0 Å². The fourth-order valence-electron chi connectivity index (χ4n) is 6.26. The Morgan fingerprint density at radius 3 is 1.68 bits per heavy atom. The average molecular weight is 523 g/mol. The van der Waals surface area contributed by atoms with Crippen molar-refractivity contribution in [1.82, 2.24) is 14.5 Å². The molecule has 0 aliphatic rings. The van der Waals surface area contributed by atoms with Crippen LogP contribution in [0.25, 0.3) is 76.1 Å². The molecule has 0 aliphatic heterocycles. The van der Waals surface area contributed by atoms with Gasteiger partial charge in [-0.1, -0.05) is 66.7 Å². The molecule has 4 heteroatoms. The smallest absolute Gasteiger partial charge is 0.188 e. The van der Waals surface area contributed by atoms with E-state index in [1.165, 1.54) is 32.7 Å². The molecule has 0 amide bonds. The van der Waals surface area contributed by atoms with Crippen molar-refractivity contribution >= 4 is 49.0 Å². The van der Waals surface area contributed by atoms with Crippen LogP contribution in [0.5, 0.6) is 0 Å². The summed E-state index contributed by atoms with van der Waals surface area (Å²) in [5.41, 5.74) is 8.41. The van der Waals surface area contributed by atoms with E-state index in [9.17, 15) is 0 Å². The second-order valence-electron chi connectivity index (χ2n) is 10.2. The third kappa shape index (κ3) is 3.53. The highest BCUT2D eigenvalue weighted by molar-refractivity contribution is 6.22. The molecule has 0 spiro atoms. The Morgan fingerprint density at radius 1 is 0.512 bits per heavy atom. The molecule has 190 valence electrons. The van der Waals surface area contributed by atoms with Crippen LogP contribution in [0.4, 0.5) is 5.69 Å². The molecule has 0 saturated heterocycles. The van der Waals surface area contributed by atoms with Crippen LogP contribution in [0, 0.1) is 6.57 Å². The van der Waals surface area contributed by atoms with Crippen molar-refractivity contribution in [1.29, 1.82) is 0 Å². The lowest BCUT2D eigenvalue weighted by atomic mass is 9.86. The first-order valence-corrected chi connectivity index (χ1v) is 13.5. The van der Waals surface area contributed by atoms with Crippen LogP contribution in [0.3, 0.4) is 0 Å². The second-order valence-corrected chi connectivity index (χ2v) is 10.2. The largest absolute Gasteiger partial charge is 0.308 e. The van der Waals surface area contributed by atoms with E-state index in [2.05, 4.69) is 98.2 Å². The summed E-state index contributed by atoms with van der Waals surface area (Å²) >= 11 is 0. The van der Waals surface area contributed by atoms with Gasteiger partial charge >= 0.3 is 0 Å². The molecule has 0 fully saturated rings. The zero-order valence-electron chi connectivity index (χ0n) is 22.0. The minimum Gasteiger partial charge on any atom is -0.308 e. The summed E-state index contributed by atoms with van der Waals surface area (Å²) in [7, 11) is 0. The fraction of sp³-hybridized carbons (Fsp3) is 0. The molecule has 0 bridgehead atoms. The van der Waals surface area contributed by atoms with Crippen LogP contribution in [0.15, 0.2) is 134 Å². The Morgan fingerprint density at radius 2 is 1.10 bits per heavy atom. The van der Waals surface area contributed by atoms with Gasteiger partial charge in [-0.15, -0.1) is 0 Å². The fourth-order valence-corrected chi connectivity index (χ4v) is 6.26. The average Bonchev–Trinajstić information content (AvgIpc) is 3.37. The van der Waals surface area contributed by atoms with Crippen LogP contribution in [-0.4, -0.2) is 14.5 Å². The van der Waals surface area contributed by atoms with E-state index in [1.807, 2.05) is 48.9 Å². The molecule has 0 saturated carbocycles. The summed E-state index contributed by atoms with van der Waals surface area (Å²) in [4.78, 5) is 12.5. The van der Waals surface area contributed by atoms with E-state index in [-0.39, 0.29) is 0 Å². The molecule has 41 heavy (non-hydrogen) atoms. The van der Waals surface area contributed by atoms with Gasteiger partial charge < -0.3 is 4.57 Å². The number of benzene rings is 5. The monoisotopic (exact) mass is 522 g/mol. The first kappa shape index (κ1) is 23.1. The molecule has 0 N–H and O–H groups in total. The first-order valence-electron chi connectivity index (χ1n) is 13.5. The lowest BCUT2D eigenvalue weighted by Crippen LogP contribution is -1.94. The van der Waals surface area contributed by atoms with Crippen molar-refractivity contribution in [2.24, 2.45) is 0 Å². The molecular formula is C37H22N4. The lowest BCUT2D eigenvalue weighted by Gasteiger charge is -2.17. The summed E-state index contributed by atoms with van der Waals surface area (Å²) in [5.74, 6) is 0. The van der Waals surface area contributed by atoms with E-state index < -0.39 is 0 Å². The predicted octanol–water partition coefficient (Wildman–Crippen LogP) is 9.76. The summed E-state index contributed by atoms with van der Waals surface area (Å²) in [6, 6.07) is 38.1. The van der Waals surface area contributed by atoms with Crippen LogP contribution in [0.2, 0.25) is 0 Å². The predicted molar refractivity (Wildman–Crippen MR) is 169 cm³/mol. The second kappa shape index (κ2) is 9.15. The molecule has 5 aromatic carbocycles. The van der Waals surface area contributed by atoms with Crippen LogP contribution in [0.1, 0.15) is 0 Å². The highest BCUT2D eigenvalue weighted by atomic mass is 15.0. The summed E-state index contributed by atoms with van der Waals surface area (Å²) in [6.07, 6.45) is 7.44. The van der Waals surface area contributed by atoms with Gasteiger partial charge in [-0.2, -0.15) is 0 Å². The molecular weight excluding hydrogens is 500 g/mol. The molecule has 0 atom stereocenters. The molecule has 3 aromatic heterocycles. The maximum atomic E-state index is 7.65. The Balaban J connectivity index is 1.49. The van der Waals surface area contributed by atoms with E-state index in [0.717, 1.165) is 38.6 Å². The van der Waals surface area contributed by atoms with Crippen molar-refractivity contribution < 1.29 is 0 Å². The summed E-state index contributed by atoms with van der Waals surface area (Å²) in [5, 5.41) is 6.95. The Hall–Kier alpha value is -5.79. The minimum absolute atomic E-state index is 0.630. The molecule has 0 radical (unpaired) electrons. The summed E-state index contributed by atoms with van der Waals surface area (Å²) < 4.78 is 2.23. The zero-order valence-corrected chi connectivity index (χ0v) is 22.0. The highest BCUT2D eigenvalue weighted by Crippen LogP contribution is 2.45. The maximum absolute atomic E-state index is 7.65. The Kier molecular flexibility index (Phi) is 5.16. The number of hydrogen-bond donors (Lipinski definition) is 0. The quantitative estimate of drug-likeness (QED) is 0.171. The van der Waals surface area contributed by atoms with Gasteiger partial charge in [0.15, 0.2) is 5.69 Å². The Bertz CT molecular complexity index is 2250. The van der Waals surface area contributed by atoms with Gasteiger partial charge in [0.05, 0.1) is 29.5 Å². The van der Waals surface area contributed by atoms with E-state index in [0.29, 0.717) is 5.69 Å². The first-order chi connectivity index (χ1) is 20.3. The van der Waals surface area contributed by atoms with Crippen LogP contribution in [-0.2, 0) is 0 Å². The minimum atomic E-state index is 0.630. The topological polar surface area (TPSA) is 35.1 Å². The third-order valence-electron chi connectivity index (χ3n) is 7.95. The van der Waals surface area contributed by atoms with Gasteiger partial charge in [0.2, 0.25) is 0 Å². The zero-order chi connectivity index (χ0) is 27.3. The normalized spacial score (nSPS) is 11.4. The lowest BCUT2D eigenvalue weighted by molar-refractivity contribution is 1.14. The van der Waals surface area contributed by atoms with Crippen molar-refractivity contribution in [3.63, 3.8) is 0 Å². The molecule has 0 unspecified atom stereocenters. The van der Waals surface area contributed by atoms with Gasteiger partial charge in [0.25, 0.3) is 0 Å². The number of fused-ring (bicyclic) bond motifs is 5. The molecule has 8 aromatic rings. The molecule has 4 nitrogen and oxygen atoms in total. The van der Waals surface area contributed by atoms with Crippen molar-refractivity contribution in [3.8, 4) is 27.9 Å². The number of pyridine rings is 2. The van der Waals surface area contributed by atoms with Crippen LogP contribution < -0.4 is 0 Å². The number of aromatic nitrogens is 3. The van der Waals surface area contributed by atoms with Crippen molar-refractivity contribution in [2.45, 2.75) is 0 Å². The number of rotatable bonds is 3. The van der Waals surface area contributed by atoms with Gasteiger partial charge in [-0.05, 0) is 86.1 Å². The maximum Gasteiger partial charge on any atom is 0.188 e. The van der Waals surface area contributed by atoms with E-state index in [4.69, 9.17) is 6.57 Å². The van der Waals surface area contributed by atoms with Crippen molar-refractivity contribution in [2.75, 3.05) is 0 Å². The molecule has 3 heterocycles. The SMILES string of the molecule is [C-]#[N+]c1ccc2c(c1)c1cc(-c3c4ccccc4c(-c4cccnc4)c4ccccc34)ccc1n2-c1cccnc1. The van der Waals surface area contributed by atoms with Gasteiger partial charge in [-0.3, -0.25) is 9.97 Å². The highest BCUT2D eigenvalue weighted by Gasteiger charge is 2.19. The third-order valence-corrected chi connectivity index (χ3v) is 7.95. The van der Waals surface area contributed by atoms with Gasteiger partial charge in [0, 0.05) is 29.5 Å². The number of hydrogen-bond acceptors (Lipinski definition) is 2. The molecule has 0 aliphatic carbocycles.